The molecule has 1 nitrogen and oxygen atoms in total. The number of nitrogens with one attached hydrogen (secondary N) is 1. The first-order valence-corrected chi connectivity index (χ1v) is 10.1. The van der Waals surface area contributed by atoms with Crippen molar-refractivity contribution in [2.75, 3.05) is 0 Å². The van der Waals surface area contributed by atoms with Crippen molar-refractivity contribution < 1.29 is 0 Å². The zero-order chi connectivity index (χ0) is 16.9. The lowest BCUT2D eigenvalue weighted by atomic mass is 9.99. The lowest BCUT2D eigenvalue weighted by Crippen LogP contribution is -2.19. The van der Waals surface area contributed by atoms with Crippen LogP contribution in [0.2, 0.25) is 0 Å². The van der Waals surface area contributed by atoms with Crippen LogP contribution in [0.5, 0.6) is 0 Å². The van der Waals surface area contributed by atoms with E-state index in [0.29, 0.717) is 6.04 Å². The largest absolute Gasteiger partial charge is 0.306 e. The molecule has 1 unspecified atom stereocenters. The molecule has 3 aromatic rings. The molecular formula is C21H19I2N. The first kappa shape index (κ1) is 17.9. The van der Waals surface area contributed by atoms with E-state index in [4.69, 9.17) is 0 Å². The fourth-order valence-electron chi connectivity index (χ4n) is 2.80. The van der Waals surface area contributed by atoms with Crippen molar-refractivity contribution in [2.24, 2.45) is 0 Å². The number of hydrogen-bond acceptors (Lipinski definition) is 1. The second-order valence-corrected chi connectivity index (χ2v) is 8.20. The normalized spacial score (nSPS) is 12.1. The monoisotopic (exact) mass is 539 g/mol. The molecule has 0 bridgehead atoms. The highest BCUT2D eigenvalue weighted by Gasteiger charge is 2.11. The predicted octanol–water partition coefficient (Wildman–Crippen LogP) is 6.41. The summed E-state index contributed by atoms with van der Waals surface area (Å²) in [4.78, 5) is 0. The summed E-state index contributed by atoms with van der Waals surface area (Å²) in [5.74, 6) is 0. The summed E-state index contributed by atoms with van der Waals surface area (Å²) in [5, 5.41) is 3.68. The number of hydrogen-bond donors (Lipinski definition) is 1. The van der Waals surface area contributed by atoms with E-state index in [-0.39, 0.29) is 0 Å². The summed E-state index contributed by atoms with van der Waals surface area (Å²) in [6.07, 6.45) is 0. The molecule has 0 saturated carbocycles. The molecule has 0 aliphatic heterocycles. The average molecular weight is 539 g/mol. The van der Waals surface area contributed by atoms with E-state index in [0.717, 1.165) is 6.54 Å². The third-order valence-electron chi connectivity index (χ3n) is 4.13. The average Bonchev–Trinajstić information content (AvgIpc) is 2.61. The number of halogens is 2. The molecule has 122 valence electrons. The highest BCUT2D eigenvalue weighted by molar-refractivity contribution is 14.1. The van der Waals surface area contributed by atoms with Gasteiger partial charge in [-0.3, -0.25) is 0 Å². The molecule has 0 amide bonds. The SMILES string of the molecule is CC(NCc1ccccc1-c1ccccc1)c1ccc(I)cc1I. The summed E-state index contributed by atoms with van der Waals surface area (Å²) in [7, 11) is 0. The van der Waals surface area contributed by atoms with E-state index in [9.17, 15) is 0 Å². The summed E-state index contributed by atoms with van der Waals surface area (Å²) in [6, 6.07) is 26.2. The fraction of sp³-hybridized carbons (Fsp3) is 0.143. The maximum absolute atomic E-state index is 3.68. The van der Waals surface area contributed by atoms with Gasteiger partial charge in [-0.15, -0.1) is 0 Å². The Morgan fingerprint density at radius 2 is 1.58 bits per heavy atom. The second kappa shape index (κ2) is 8.45. The predicted molar refractivity (Wildman–Crippen MR) is 119 cm³/mol. The summed E-state index contributed by atoms with van der Waals surface area (Å²) >= 11 is 4.79. The van der Waals surface area contributed by atoms with Crippen LogP contribution in [-0.4, -0.2) is 0 Å². The summed E-state index contributed by atoms with van der Waals surface area (Å²) in [5.41, 5.74) is 5.26. The lowest BCUT2D eigenvalue weighted by molar-refractivity contribution is 0.573. The topological polar surface area (TPSA) is 12.0 Å². The van der Waals surface area contributed by atoms with Gasteiger partial charge in [0.15, 0.2) is 0 Å². The van der Waals surface area contributed by atoms with Crippen LogP contribution in [0.15, 0.2) is 72.8 Å². The van der Waals surface area contributed by atoms with Crippen LogP contribution in [0, 0.1) is 7.14 Å². The highest BCUT2D eigenvalue weighted by Crippen LogP contribution is 2.25. The number of rotatable bonds is 5. The van der Waals surface area contributed by atoms with Gasteiger partial charge in [0.05, 0.1) is 0 Å². The zero-order valence-electron chi connectivity index (χ0n) is 13.5. The quantitative estimate of drug-likeness (QED) is 0.370. The molecule has 24 heavy (non-hydrogen) atoms. The Labute approximate surface area is 171 Å². The van der Waals surface area contributed by atoms with Gasteiger partial charge in [-0.05, 0) is 86.5 Å². The Kier molecular flexibility index (Phi) is 6.30. The van der Waals surface area contributed by atoms with Gasteiger partial charge in [-0.25, -0.2) is 0 Å². The van der Waals surface area contributed by atoms with Crippen LogP contribution >= 0.6 is 45.2 Å². The van der Waals surface area contributed by atoms with Crippen molar-refractivity contribution in [1.82, 2.24) is 5.32 Å². The molecule has 0 saturated heterocycles. The van der Waals surface area contributed by atoms with Crippen molar-refractivity contribution in [2.45, 2.75) is 19.5 Å². The Balaban J connectivity index is 1.78. The van der Waals surface area contributed by atoms with E-state index in [2.05, 4.69) is 130 Å². The Hall–Kier alpha value is -0.920. The first-order valence-electron chi connectivity index (χ1n) is 7.97. The molecule has 0 aromatic heterocycles. The molecule has 3 aromatic carbocycles. The van der Waals surface area contributed by atoms with Gasteiger partial charge in [0.1, 0.15) is 0 Å². The van der Waals surface area contributed by atoms with Gasteiger partial charge >= 0.3 is 0 Å². The van der Waals surface area contributed by atoms with Crippen LogP contribution in [0.4, 0.5) is 0 Å². The minimum Gasteiger partial charge on any atom is -0.306 e. The minimum atomic E-state index is 0.317. The first-order chi connectivity index (χ1) is 11.6. The molecule has 3 heteroatoms. The third-order valence-corrected chi connectivity index (χ3v) is 5.74. The van der Waals surface area contributed by atoms with Crippen LogP contribution in [0.25, 0.3) is 11.1 Å². The zero-order valence-corrected chi connectivity index (χ0v) is 17.8. The molecule has 0 spiro atoms. The van der Waals surface area contributed by atoms with Crippen LogP contribution in [-0.2, 0) is 6.54 Å². The molecular weight excluding hydrogens is 520 g/mol. The summed E-state index contributed by atoms with van der Waals surface area (Å²) < 4.78 is 2.60. The van der Waals surface area contributed by atoms with E-state index in [1.165, 1.54) is 29.4 Å². The van der Waals surface area contributed by atoms with Gasteiger partial charge in [0.25, 0.3) is 0 Å². The van der Waals surface area contributed by atoms with Crippen molar-refractivity contribution in [3.05, 3.63) is 91.1 Å². The molecule has 0 aliphatic carbocycles. The molecule has 0 aliphatic rings. The van der Waals surface area contributed by atoms with Gasteiger partial charge in [-0.2, -0.15) is 0 Å². The third kappa shape index (κ3) is 4.37. The standard InChI is InChI=1S/C21H19I2N/c1-15(19-12-11-18(22)13-21(19)23)24-14-17-9-5-6-10-20(17)16-7-3-2-4-8-16/h2-13,15,24H,14H2,1H3. The molecule has 3 rings (SSSR count). The van der Waals surface area contributed by atoms with E-state index >= 15 is 0 Å². The van der Waals surface area contributed by atoms with Gasteiger partial charge in [0.2, 0.25) is 0 Å². The molecule has 0 radical (unpaired) electrons. The highest BCUT2D eigenvalue weighted by atomic mass is 127. The van der Waals surface area contributed by atoms with Gasteiger partial charge < -0.3 is 5.32 Å². The van der Waals surface area contributed by atoms with E-state index in [1.54, 1.807) is 0 Å². The van der Waals surface area contributed by atoms with Crippen molar-refractivity contribution >= 4 is 45.2 Å². The molecule has 1 N–H and O–H groups in total. The second-order valence-electron chi connectivity index (χ2n) is 5.79. The fourth-order valence-corrected chi connectivity index (χ4v) is 4.87. The Bertz CT molecular complexity index is 815. The maximum atomic E-state index is 3.68. The number of benzene rings is 3. The maximum Gasteiger partial charge on any atom is 0.0305 e. The van der Waals surface area contributed by atoms with Gasteiger partial charge in [0, 0.05) is 19.7 Å². The molecule has 0 fully saturated rings. The van der Waals surface area contributed by atoms with Crippen LogP contribution in [0.1, 0.15) is 24.1 Å². The van der Waals surface area contributed by atoms with Crippen LogP contribution in [0.3, 0.4) is 0 Å². The Morgan fingerprint density at radius 3 is 2.33 bits per heavy atom. The van der Waals surface area contributed by atoms with E-state index < -0.39 is 0 Å². The minimum absolute atomic E-state index is 0.317. The van der Waals surface area contributed by atoms with Crippen molar-refractivity contribution in [3.8, 4) is 11.1 Å². The smallest absolute Gasteiger partial charge is 0.0305 e. The van der Waals surface area contributed by atoms with Crippen molar-refractivity contribution in [1.29, 1.82) is 0 Å². The summed E-state index contributed by atoms with van der Waals surface area (Å²) in [6.45, 7) is 3.09. The molecule has 1 atom stereocenters. The Morgan fingerprint density at radius 1 is 0.875 bits per heavy atom. The molecule has 0 heterocycles. The van der Waals surface area contributed by atoms with Crippen LogP contribution < -0.4 is 5.32 Å². The lowest BCUT2D eigenvalue weighted by Gasteiger charge is -2.18. The van der Waals surface area contributed by atoms with Crippen molar-refractivity contribution in [3.63, 3.8) is 0 Å². The van der Waals surface area contributed by atoms with E-state index in [1.807, 2.05) is 0 Å². The van der Waals surface area contributed by atoms with Gasteiger partial charge in [-0.1, -0.05) is 60.7 Å².